The lowest BCUT2D eigenvalue weighted by Crippen LogP contribution is -2.64. The normalized spacial score (nSPS) is 51.7. The zero-order valence-electron chi connectivity index (χ0n) is 12.0. The van der Waals surface area contributed by atoms with E-state index in [-0.39, 0.29) is 0 Å². The van der Waals surface area contributed by atoms with Crippen LogP contribution >= 0.6 is 0 Å². The maximum absolute atomic E-state index is 10.00. The van der Waals surface area contributed by atoms with Crippen molar-refractivity contribution in [2.45, 2.75) is 61.4 Å². The Morgan fingerprint density at radius 2 is 1.22 bits per heavy atom. The molecule has 23 heavy (non-hydrogen) atoms. The van der Waals surface area contributed by atoms with Crippen molar-refractivity contribution in [3.05, 3.63) is 0 Å². The first-order chi connectivity index (χ1) is 10.8. The lowest BCUT2D eigenvalue weighted by molar-refractivity contribution is -0.355. The van der Waals surface area contributed by atoms with Gasteiger partial charge in [0.1, 0.15) is 48.8 Å². The molecule has 0 spiro atoms. The summed E-state index contributed by atoms with van der Waals surface area (Å²) in [5, 5.41) is 76.8. The quantitative estimate of drug-likeness (QED) is 0.243. The number of hydrogen-bond donors (Lipinski definition) is 8. The lowest BCUT2D eigenvalue weighted by atomic mass is 9.97. The molecule has 10 atom stereocenters. The SMILES string of the molecule is OC[C@H]1O[C@H](O)[C@@H](O)[C@@H](O[C@@H]2O[C@H](CO)[C@@H](O)[C@H](O)[C@@H]2O)[C@H]1O. The number of ether oxygens (including phenoxy) is 3. The average molecular weight is 342 g/mol. The molecule has 2 aliphatic rings. The van der Waals surface area contributed by atoms with Gasteiger partial charge in [0, 0.05) is 0 Å². The predicted octanol–water partition coefficient (Wildman–Crippen LogP) is -5.40. The highest BCUT2D eigenvalue weighted by molar-refractivity contribution is 4.93. The molecule has 0 aromatic carbocycles. The fourth-order valence-electron chi connectivity index (χ4n) is 2.56. The van der Waals surface area contributed by atoms with Crippen LogP contribution in [-0.4, -0.2) is 115 Å². The molecule has 0 aliphatic carbocycles. The second kappa shape index (κ2) is 7.63. The standard InChI is InChI=1S/C12H22O11/c13-1-3-5(15)7(17)8(18)12(22-3)23-10-6(16)4(2-14)21-11(20)9(10)19/h3-20H,1-2H2/t3-,4-,5-,6+,7+,8+,9+,10+,11+,12+/m1/s1. The molecule has 0 saturated carbocycles. The summed E-state index contributed by atoms with van der Waals surface area (Å²) in [4.78, 5) is 0. The molecule has 2 fully saturated rings. The van der Waals surface area contributed by atoms with E-state index in [4.69, 9.17) is 24.4 Å². The molecule has 0 bridgehead atoms. The Bertz CT molecular complexity index is 380. The van der Waals surface area contributed by atoms with Crippen molar-refractivity contribution in [1.82, 2.24) is 0 Å². The van der Waals surface area contributed by atoms with Gasteiger partial charge in [-0.3, -0.25) is 0 Å². The molecule has 2 saturated heterocycles. The largest absolute Gasteiger partial charge is 0.394 e. The van der Waals surface area contributed by atoms with Crippen LogP contribution in [0.25, 0.3) is 0 Å². The van der Waals surface area contributed by atoms with Crippen LogP contribution in [0, 0.1) is 0 Å². The highest BCUT2D eigenvalue weighted by Gasteiger charge is 2.50. The third-order valence-electron chi connectivity index (χ3n) is 3.98. The molecule has 2 heterocycles. The van der Waals surface area contributed by atoms with Crippen LogP contribution in [0.4, 0.5) is 0 Å². The van der Waals surface area contributed by atoms with E-state index in [0.29, 0.717) is 0 Å². The van der Waals surface area contributed by atoms with E-state index >= 15 is 0 Å². The van der Waals surface area contributed by atoms with Crippen LogP contribution in [0.15, 0.2) is 0 Å². The molecule has 2 aliphatic heterocycles. The maximum Gasteiger partial charge on any atom is 0.187 e. The van der Waals surface area contributed by atoms with Crippen LogP contribution < -0.4 is 0 Å². The summed E-state index contributed by atoms with van der Waals surface area (Å²) in [6.07, 6.45) is -15.7. The van der Waals surface area contributed by atoms with E-state index in [2.05, 4.69) is 0 Å². The smallest absolute Gasteiger partial charge is 0.187 e. The first-order valence-electron chi connectivity index (χ1n) is 7.08. The molecule has 11 nitrogen and oxygen atoms in total. The Hall–Kier alpha value is -0.440. The average Bonchev–Trinajstić information content (AvgIpc) is 2.54. The van der Waals surface area contributed by atoms with Gasteiger partial charge < -0.3 is 55.1 Å². The zero-order valence-corrected chi connectivity index (χ0v) is 12.0. The zero-order chi connectivity index (χ0) is 17.3. The minimum atomic E-state index is -1.76. The Labute approximate surface area is 130 Å². The summed E-state index contributed by atoms with van der Waals surface area (Å²) in [6, 6.07) is 0. The summed E-state index contributed by atoms with van der Waals surface area (Å²) in [7, 11) is 0. The number of hydrogen-bond acceptors (Lipinski definition) is 11. The van der Waals surface area contributed by atoms with Crippen molar-refractivity contribution in [3.8, 4) is 0 Å². The molecular weight excluding hydrogens is 320 g/mol. The molecule has 0 aromatic heterocycles. The van der Waals surface area contributed by atoms with Gasteiger partial charge in [0.05, 0.1) is 13.2 Å². The van der Waals surface area contributed by atoms with Gasteiger partial charge in [0.15, 0.2) is 12.6 Å². The van der Waals surface area contributed by atoms with Crippen molar-refractivity contribution >= 4 is 0 Å². The van der Waals surface area contributed by atoms with Gasteiger partial charge in [-0.2, -0.15) is 0 Å². The van der Waals surface area contributed by atoms with Gasteiger partial charge in [0.25, 0.3) is 0 Å². The van der Waals surface area contributed by atoms with Gasteiger partial charge in [-0.25, -0.2) is 0 Å². The second-order valence-corrected chi connectivity index (χ2v) is 5.53. The number of aliphatic hydroxyl groups excluding tert-OH is 8. The number of aliphatic hydroxyl groups is 8. The van der Waals surface area contributed by atoms with Crippen molar-refractivity contribution < 1.29 is 55.1 Å². The minimum absolute atomic E-state index is 0.667. The summed E-state index contributed by atoms with van der Waals surface area (Å²) in [5.41, 5.74) is 0. The van der Waals surface area contributed by atoms with Crippen LogP contribution in [-0.2, 0) is 14.2 Å². The molecule has 0 unspecified atom stereocenters. The molecule has 0 aromatic rings. The van der Waals surface area contributed by atoms with Crippen LogP contribution in [0.1, 0.15) is 0 Å². The molecule has 0 amide bonds. The maximum atomic E-state index is 10.00. The third-order valence-corrected chi connectivity index (χ3v) is 3.98. The lowest BCUT2D eigenvalue weighted by Gasteiger charge is -2.45. The van der Waals surface area contributed by atoms with Crippen molar-refractivity contribution in [3.63, 3.8) is 0 Å². The topological polar surface area (TPSA) is 190 Å². The molecule has 2 rings (SSSR count). The minimum Gasteiger partial charge on any atom is -0.394 e. The summed E-state index contributed by atoms with van der Waals surface area (Å²) >= 11 is 0. The first-order valence-corrected chi connectivity index (χ1v) is 7.08. The predicted molar refractivity (Wildman–Crippen MR) is 68.6 cm³/mol. The van der Waals surface area contributed by atoms with E-state index in [1.54, 1.807) is 0 Å². The third kappa shape index (κ3) is 3.65. The fraction of sp³-hybridized carbons (Fsp3) is 1.00. The second-order valence-electron chi connectivity index (χ2n) is 5.53. The first kappa shape index (κ1) is 18.9. The monoisotopic (exact) mass is 342 g/mol. The van der Waals surface area contributed by atoms with E-state index in [9.17, 15) is 30.6 Å². The van der Waals surface area contributed by atoms with E-state index in [1.165, 1.54) is 0 Å². The Balaban J connectivity index is 2.11. The molecule has 11 heteroatoms. The summed E-state index contributed by atoms with van der Waals surface area (Å²) in [5.74, 6) is 0. The van der Waals surface area contributed by atoms with Crippen molar-refractivity contribution in [2.24, 2.45) is 0 Å². The van der Waals surface area contributed by atoms with E-state index in [1.807, 2.05) is 0 Å². The molecule has 0 radical (unpaired) electrons. The molecule has 136 valence electrons. The Morgan fingerprint density at radius 3 is 1.78 bits per heavy atom. The van der Waals surface area contributed by atoms with E-state index < -0.39 is 74.6 Å². The highest BCUT2D eigenvalue weighted by Crippen LogP contribution is 2.28. The van der Waals surface area contributed by atoms with E-state index in [0.717, 1.165) is 0 Å². The van der Waals surface area contributed by atoms with Crippen LogP contribution in [0.5, 0.6) is 0 Å². The van der Waals surface area contributed by atoms with Crippen molar-refractivity contribution in [2.75, 3.05) is 13.2 Å². The van der Waals surface area contributed by atoms with Gasteiger partial charge in [-0.15, -0.1) is 0 Å². The van der Waals surface area contributed by atoms with Gasteiger partial charge in [-0.1, -0.05) is 0 Å². The fourth-order valence-corrected chi connectivity index (χ4v) is 2.56. The Kier molecular flexibility index (Phi) is 6.27. The van der Waals surface area contributed by atoms with Gasteiger partial charge in [0.2, 0.25) is 0 Å². The van der Waals surface area contributed by atoms with Crippen LogP contribution in [0.3, 0.4) is 0 Å². The van der Waals surface area contributed by atoms with Gasteiger partial charge >= 0.3 is 0 Å². The molecule has 8 N–H and O–H groups in total. The summed E-state index contributed by atoms with van der Waals surface area (Å²) < 4.78 is 15.1. The van der Waals surface area contributed by atoms with Gasteiger partial charge in [-0.05, 0) is 0 Å². The van der Waals surface area contributed by atoms with Crippen molar-refractivity contribution in [1.29, 1.82) is 0 Å². The molecular formula is C12H22O11. The van der Waals surface area contributed by atoms with Crippen LogP contribution in [0.2, 0.25) is 0 Å². The number of rotatable bonds is 4. The highest BCUT2D eigenvalue weighted by atomic mass is 16.7. The summed E-state index contributed by atoms with van der Waals surface area (Å²) in [6.45, 7) is -1.34. The Morgan fingerprint density at radius 1 is 0.652 bits per heavy atom.